The van der Waals surface area contributed by atoms with E-state index in [2.05, 4.69) is 27.2 Å². The van der Waals surface area contributed by atoms with Gasteiger partial charge in [0.25, 0.3) is 0 Å². The van der Waals surface area contributed by atoms with E-state index in [9.17, 15) is 0 Å². The van der Waals surface area contributed by atoms with Crippen molar-refractivity contribution >= 4 is 0 Å². The van der Waals surface area contributed by atoms with Gasteiger partial charge in [0.15, 0.2) is 11.6 Å². The molecule has 0 saturated heterocycles. The molecule has 0 aliphatic rings. The average Bonchev–Trinajstić information content (AvgIpc) is 2.78. The van der Waals surface area contributed by atoms with Crippen LogP contribution in [0.3, 0.4) is 0 Å². The highest BCUT2D eigenvalue weighted by Crippen LogP contribution is 2.13. The molecule has 0 aliphatic heterocycles. The Kier molecular flexibility index (Phi) is 4.04. The molecule has 0 saturated carbocycles. The Hall–Kier alpha value is -1.75. The quantitative estimate of drug-likeness (QED) is 0.814. The highest BCUT2D eigenvalue weighted by atomic mass is 15.1. The third-order valence-electron chi connectivity index (χ3n) is 2.84. The Morgan fingerprint density at radius 3 is 2.78 bits per heavy atom. The number of rotatable bonds is 5. The fourth-order valence-corrected chi connectivity index (χ4v) is 1.75. The van der Waals surface area contributed by atoms with Crippen LogP contribution in [-0.2, 0) is 13.6 Å². The van der Waals surface area contributed by atoms with Crippen LogP contribution < -0.4 is 5.32 Å². The minimum atomic E-state index is 0.680. The zero-order chi connectivity index (χ0) is 13.0. The van der Waals surface area contributed by atoms with E-state index in [1.54, 1.807) is 6.20 Å². The maximum atomic E-state index is 4.52. The van der Waals surface area contributed by atoms with Crippen molar-refractivity contribution in [3.8, 4) is 11.6 Å². The number of hydrogen-bond acceptors (Lipinski definition) is 4. The third kappa shape index (κ3) is 2.73. The predicted octanol–water partition coefficient (Wildman–Crippen LogP) is 1.69. The van der Waals surface area contributed by atoms with E-state index < -0.39 is 0 Å². The average molecular weight is 245 g/mol. The number of hydrogen-bond donors (Lipinski definition) is 1. The summed E-state index contributed by atoms with van der Waals surface area (Å²) in [5, 5.41) is 3.36. The molecule has 0 unspecified atom stereocenters. The molecular formula is C13H19N5. The van der Waals surface area contributed by atoms with Gasteiger partial charge in [0.1, 0.15) is 0 Å². The molecule has 2 aromatic heterocycles. The summed E-state index contributed by atoms with van der Waals surface area (Å²) >= 11 is 0. The monoisotopic (exact) mass is 245 g/mol. The second-order valence-electron chi connectivity index (χ2n) is 4.34. The van der Waals surface area contributed by atoms with Gasteiger partial charge in [-0.15, -0.1) is 0 Å². The predicted molar refractivity (Wildman–Crippen MR) is 71.0 cm³/mol. The Balaban J connectivity index is 2.17. The van der Waals surface area contributed by atoms with E-state index in [4.69, 9.17) is 0 Å². The largest absolute Gasteiger partial charge is 0.331 e. The summed E-state index contributed by atoms with van der Waals surface area (Å²) in [5.74, 6) is 1.48. The molecule has 0 atom stereocenters. The lowest BCUT2D eigenvalue weighted by Gasteiger charge is -2.07. The first-order valence-electron chi connectivity index (χ1n) is 6.23. The van der Waals surface area contributed by atoms with Gasteiger partial charge in [-0.2, -0.15) is 0 Å². The van der Waals surface area contributed by atoms with Crippen molar-refractivity contribution in [1.82, 2.24) is 24.8 Å². The Morgan fingerprint density at radius 1 is 1.33 bits per heavy atom. The first-order valence-corrected chi connectivity index (χ1v) is 6.23. The lowest BCUT2D eigenvalue weighted by molar-refractivity contribution is 0.668. The maximum Gasteiger partial charge on any atom is 0.196 e. The number of nitrogens with zero attached hydrogens (tertiary/aromatic N) is 4. The van der Waals surface area contributed by atoms with Gasteiger partial charge in [-0.3, -0.25) is 0 Å². The second kappa shape index (κ2) is 5.73. The maximum absolute atomic E-state index is 4.52. The van der Waals surface area contributed by atoms with Crippen molar-refractivity contribution in [2.45, 2.75) is 26.8 Å². The number of aromatic nitrogens is 4. The van der Waals surface area contributed by atoms with E-state index in [0.29, 0.717) is 5.82 Å². The van der Waals surface area contributed by atoms with Crippen molar-refractivity contribution in [3.05, 3.63) is 29.8 Å². The highest BCUT2D eigenvalue weighted by Gasteiger charge is 2.08. The summed E-state index contributed by atoms with van der Waals surface area (Å²) in [5.41, 5.74) is 2.15. The van der Waals surface area contributed by atoms with E-state index >= 15 is 0 Å². The van der Waals surface area contributed by atoms with Crippen LogP contribution in [-0.4, -0.2) is 26.1 Å². The van der Waals surface area contributed by atoms with E-state index in [-0.39, 0.29) is 0 Å². The van der Waals surface area contributed by atoms with Crippen LogP contribution in [0.5, 0.6) is 0 Å². The van der Waals surface area contributed by atoms with E-state index in [1.807, 2.05) is 30.9 Å². The molecule has 0 amide bonds. The summed E-state index contributed by atoms with van der Waals surface area (Å²) in [4.78, 5) is 13.2. The van der Waals surface area contributed by atoms with Crippen molar-refractivity contribution < 1.29 is 0 Å². The normalized spacial score (nSPS) is 10.8. The molecule has 5 heteroatoms. The zero-order valence-corrected chi connectivity index (χ0v) is 11.1. The van der Waals surface area contributed by atoms with Crippen molar-refractivity contribution in [2.75, 3.05) is 6.54 Å². The SMILES string of the molecule is CCCNCc1cnc(-c2nccn2C)nc1C. The number of nitrogens with one attached hydrogen (secondary N) is 1. The molecule has 1 N–H and O–H groups in total. The fraction of sp³-hybridized carbons (Fsp3) is 0.462. The number of aryl methyl sites for hydroxylation is 2. The Labute approximate surface area is 107 Å². The van der Waals surface area contributed by atoms with Crippen molar-refractivity contribution in [3.63, 3.8) is 0 Å². The van der Waals surface area contributed by atoms with Crippen LogP contribution >= 0.6 is 0 Å². The molecule has 96 valence electrons. The second-order valence-corrected chi connectivity index (χ2v) is 4.34. The van der Waals surface area contributed by atoms with Crippen LogP contribution in [0.4, 0.5) is 0 Å². The van der Waals surface area contributed by atoms with Crippen LogP contribution in [0.25, 0.3) is 11.6 Å². The topological polar surface area (TPSA) is 55.6 Å². The van der Waals surface area contributed by atoms with Gasteiger partial charge < -0.3 is 9.88 Å². The van der Waals surface area contributed by atoms with Gasteiger partial charge in [-0.1, -0.05) is 6.92 Å². The lowest BCUT2D eigenvalue weighted by Crippen LogP contribution is -2.15. The Morgan fingerprint density at radius 2 is 2.17 bits per heavy atom. The molecule has 0 spiro atoms. The van der Waals surface area contributed by atoms with Crippen LogP contribution in [0.2, 0.25) is 0 Å². The smallest absolute Gasteiger partial charge is 0.196 e. The highest BCUT2D eigenvalue weighted by molar-refractivity contribution is 5.44. The minimum Gasteiger partial charge on any atom is -0.331 e. The van der Waals surface area contributed by atoms with Gasteiger partial charge in [0.2, 0.25) is 0 Å². The van der Waals surface area contributed by atoms with Gasteiger partial charge in [-0.25, -0.2) is 15.0 Å². The van der Waals surface area contributed by atoms with E-state index in [0.717, 1.165) is 36.6 Å². The molecular weight excluding hydrogens is 226 g/mol. The first kappa shape index (κ1) is 12.7. The number of imidazole rings is 1. The molecule has 0 fully saturated rings. The molecule has 0 aliphatic carbocycles. The lowest BCUT2D eigenvalue weighted by atomic mass is 10.2. The summed E-state index contributed by atoms with van der Waals surface area (Å²) in [6.45, 7) is 6.00. The molecule has 18 heavy (non-hydrogen) atoms. The summed E-state index contributed by atoms with van der Waals surface area (Å²) in [7, 11) is 1.94. The summed E-state index contributed by atoms with van der Waals surface area (Å²) < 4.78 is 1.92. The van der Waals surface area contributed by atoms with Crippen LogP contribution in [0.15, 0.2) is 18.6 Å². The zero-order valence-electron chi connectivity index (χ0n) is 11.1. The summed E-state index contributed by atoms with van der Waals surface area (Å²) in [6.07, 6.45) is 6.66. The molecule has 0 aromatic carbocycles. The molecule has 5 nitrogen and oxygen atoms in total. The minimum absolute atomic E-state index is 0.680. The van der Waals surface area contributed by atoms with Gasteiger partial charge in [0.05, 0.1) is 0 Å². The molecule has 0 bridgehead atoms. The molecule has 0 radical (unpaired) electrons. The van der Waals surface area contributed by atoms with Gasteiger partial charge >= 0.3 is 0 Å². The molecule has 2 heterocycles. The van der Waals surface area contributed by atoms with Crippen molar-refractivity contribution in [1.29, 1.82) is 0 Å². The van der Waals surface area contributed by atoms with Crippen molar-refractivity contribution in [2.24, 2.45) is 7.05 Å². The van der Waals surface area contributed by atoms with Crippen LogP contribution in [0.1, 0.15) is 24.6 Å². The fourth-order valence-electron chi connectivity index (χ4n) is 1.75. The summed E-state index contributed by atoms with van der Waals surface area (Å²) in [6, 6.07) is 0. The van der Waals surface area contributed by atoms with E-state index in [1.165, 1.54) is 0 Å². The third-order valence-corrected chi connectivity index (χ3v) is 2.84. The first-order chi connectivity index (χ1) is 8.72. The molecule has 2 rings (SSSR count). The van der Waals surface area contributed by atoms with Gasteiger partial charge in [-0.05, 0) is 19.9 Å². The molecule has 2 aromatic rings. The van der Waals surface area contributed by atoms with Crippen LogP contribution in [0, 0.1) is 6.92 Å². The van der Waals surface area contributed by atoms with Gasteiger partial charge in [0, 0.05) is 43.4 Å². The Bertz CT molecular complexity index is 518. The standard InChI is InChI=1S/C13H19N5/c1-4-5-14-8-11-9-16-12(17-10(11)2)13-15-6-7-18(13)3/h6-7,9,14H,4-5,8H2,1-3H3.